The maximum absolute atomic E-state index is 9.47. The van der Waals surface area contributed by atoms with Crippen molar-refractivity contribution in [2.45, 2.75) is 18.3 Å². The summed E-state index contributed by atoms with van der Waals surface area (Å²) in [6, 6.07) is 31.9. The van der Waals surface area contributed by atoms with Gasteiger partial charge >= 0.3 is 0 Å². The third-order valence-corrected chi connectivity index (χ3v) is 4.51. The molecule has 3 aromatic rings. The highest BCUT2D eigenvalue weighted by molar-refractivity contribution is 5.50. The second kappa shape index (κ2) is 7.26. The van der Waals surface area contributed by atoms with Gasteiger partial charge in [-0.15, -0.1) is 0 Å². The molecule has 0 saturated heterocycles. The summed E-state index contributed by atoms with van der Waals surface area (Å²) in [4.78, 5) is 0. The predicted molar refractivity (Wildman–Crippen MR) is 95.5 cm³/mol. The minimum Gasteiger partial charge on any atom is -0.396 e. The van der Waals surface area contributed by atoms with Gasteiger partial charge in [0.15, 0.2) is 0 Å². The molecule has 3 aromatic carbocycles. The largest absolute Gasteiger partial charge is 0.396 e. The fourth-order valence-electron chi connectivity index (χ4n) is 3.45. The van der Waals surface area contributed by atoms with Gasteiger partial charge in [0.2, 0.25) is 0 Å². The van der Waals surface area contributed by atoms with E-state index in [0.29, 0.717) is 0 Å². The van der Waals surface area contributed by atoms with Gasteiger partial charge in [-0.05, 0) is 29.5 Å². The lowest BCUT2D eigenvalue weighted by Gasteiger charge is -2.36. The van der Waals surface area contributed by atoms with E-state index in [1.165, 1.54) is 16.7 Å². The first-order valence-electron chi connectivity index (χ1n) is 8.15. The Morgan fingerprint density at radius 2 is 0.913 bits per heavy atom. The molecule has 0 saturated carbocycles. The molecule has 23 heavy (non-hydrogen) atoms. The second-order valence-corrected chi connectivity index (χ2v) is 5.83. The molecule has 0 spiro atoms. The van der Waals surface area contributed by atoms with Crippen molar-refractivity contribution in [1.29, 1.82) is 0 Å². The van der Waals surface area contributed by atoms with Gasteiger partial charge in [-0.25, -0.2) is 0 Å². The van der Waals surface area contributed by atoms with E-state index in [-0.39, 0.29) is 12.0 Å². The lowest BCUT2D eigenvalue weighted by Crippen LogP contribution is -2.29. The lowest BCUT2D eigenvalue weighted by molar-refractivity contribution is 0.275. The van der Waals surface area contributed by atoms with Gasteiger partial charge in [-0.3, -0.25) is 0 Å². The zero-order valence-corrected chi connectivity index (χ0v) is 13.2. The molecule has 0 aliphatic rings. The van der Waals surface area contributed by atoms with Gasteiger partial charge in [-0.1, -0.05) is 91.0 Å². The van der Waals surface area contributed by atoms with E-state index in [1.54, 1.807) is 0 Å². The molecule has 1 heteroatoms. The highest BCUT2D eigenvalue weighted by atomic mass is 16.2. The third kappa shape index (κ3) is 3.06. The summed E-state index contributed by atoms with van der Waals surface area (Å²) >= 11 is 0. The monoisotopic (exact) mass is 302 g/mol. The van der Waals surface area contributed by atoms with Crippen molar-refractivity contribution in [1.82, 2.24) is 0 Å². The van der Waals surface area contributed by atoms with E-state index in [2.05, 4.69) is 91.0 Å². The number of hydrogen-bond donors (Lipinski definition) is 1. The molecule has 0 aliphatic carbocycles. The second-order valence-electron chi connectivity index (χ2n) is 5.83. The van der Waals surface area contributed by atoms with E-state index < -0.39 is 0 Å². The summed E-state index contributed by atoms with van der Waals surface area (Å²) in [6.07, 6.45) is 1.64. The van der Waals surface area contributed by atoms with Gasteiger partial charge in [0.1, 0.15) is 0 Å². The maximum Gasteiger partial charge on any atom is 0.0452 e. The Morgan fingerprint density at radius 1 is 0.565 bits per heavy atom. The Balaban J connectivity index is 2.25. The van der Waals surface area contributed by atoms with Crippen molar-refractivity contribution >= 4 is 0 Å². The van der Waals surface area contributed by atoms with Crippen LogP contribution in [0.3, 0.4) is 0 Å². The quantitative estimate of drug-likeness (QED) is 0.649. The van der Waals surface area contributed by atoms with E-state index >= 15 is 0 Å². The highest BCUT2D eigenvalue weighted by Crippen LogP contribution is 2.42. The first-order valence-corrected chi connectivity index (χ1v) is 8.15. The average molecular weight is 302 g/mol. The van der Waals surface area contributed by atoms with Crippen molar-refractivity contribution in [2.75, 3.05) is 6.61 Å². The van der Waals surface area contributed by atoms with Gasteiger partial charge in [0, 0.05) is 12.0 Å². The van der Waals surface area contributed by atoms with E-state index in [0.717, 1.165) is 12.8 Å². The van der Waals surface area contributed by atoms with Crippen LogP contribution in [0.25, 0.3) is 0 Å². The molecule has 0 heterocycles. The summed E-state index contributed by atoms with van der Waals surface area (Å²) in [6.45, 7) is 0.203. The molecule has 0 bridgehead atoms. The summed E-state index contributed by atoms with van der Waals surface area (Å²) < 4.78 is 0. The van der Waals surface area contributed by atoms with Crippen LogP contribution in [0.2, 0.25) is 0 Å². The van der Waals surface area contributed by atoms with Gasteiger partial charge in [0.05, 0.1) is 0 Å². The number of rotatable bonds is 6. The Kier molecular flexibility index (Phi) is 4.89. The van der Waals surface area contributed by atoms with Crippen LogP contribution in [0.15, 0.2) is 91.0 Å². The summed E-state index contributed by atoms with van der Waals surface area (Å²) in [5.74, 6) is 0. The highest BCUT2D eigenvalue weighted by Gasteiger charge is 2.35. The standard InChI is InChI=1S/C22H22O/c23-18-10-17-22(19-11-4-1-5-12-19,20-13-6-2-7-14-20)21-15-8-3-9-16-21/h1-9,11-16,23H,10,17-18H2. The fraction of sp³-hybridized carbons (Fsp3) is 0.182. The molecule has 3 rings (SSSR count). The Labute approximate surface area is 138 Å². The lowest BCUT2D eigenvalue weighted by atomic mass is 9.67. The number of aliphatic hydroxyl groups is 1. The third-order valence-electron chi connectivity index (χ3n) is 4.51. The molecule has 0 atom stereocenters. The zero-order valence-electron chi connectivity index (χ0n) is 13.2. The van der Waals surface area contributed by atoms with E-state index in [1.807, 2.05) is 0 Å². The normalized spacial score (nSPS) is 11.3. The van der Waals surface area contributed by atoms with Crippen LogP contribution in [0.1, 0.15) is 29.5 Å². The van der Waals surface area contributed by atoms with E-state index in [9.17, 15) is 5.11 Å². The van der Waals surface area contributed by atoms with Gasteiger partial charge < -0.3 is 5.11 Å². The van der Waals surface area contributed by atoms with Gasteiger partial charge in [-0.2, -0.15) is 0 Å². The van der Waals surface area contributed by atoms with Crippen LogP contribution < -0.4 is 0 Å². The number of benzene rings is 3. The minimum absolute atomic E-state index is 0.203. The van der Waals surface area contributed by atoms with Crippen molar-refractivity contribution in [3.05, 3.63) is 108 Å². The fourth-order valence-corrected chi connectivity index (χ4v) is 3.45. The Hall–Kier alpha value is -2.38. The summed E-state index contributed by atoms with van der Waals surface area (Å²) in [5, 5.41) is 9.47. The molecule has 0 aromatic heterocycles. The first-order chi connectivity index (χ1) is 11.4. The van der Waals surface area contributed by atoms with Gasteiger partial charge in [0.25, 0.3) is 0 Å². The molecule has 116 valence electrons. The summed E-state index contributed by atoms with van der Waals surface area (Å²) in [7, 11) is 0. The first kappa shape index (κ1) is 15.5. The van der Waals surface area contributed by atoms with Crippen molar-refractivity contribution in [3.8, 4) is 0 Å². The zero-order chi connectivity index (χ0) is 16.0. The van der Waals surface area contributed by atoms with Crippen LogP contribution in [-0.2, 0) is 5.41 Å². The number of aliphatic hydroxyl groups excluding tert-OH is 1. The molecule has 1 N–H and O–H groups in total. The SMILES string of the molecule is OCCCC(c1ccccc1)(c1ccccc1)c1ccccc1. The minimum atomic E-state index is -0.230. The molecule has 0 radical (unpaired) electrons. The molecular weight excluding hydrogens is 280 g/mol. The van der Waals surface area contributed by atoms with E-state index in [4.69, 9.17) is 0 Å². The van der Waals surface area contributed by atoms with Crippen LogP contribution >= 0.6 is 0 Å². The maximum atomic E-state index is 9.47. The molecule has 1 nitrogen and oxygen atoms in total. The topological polar surface area (TPSA) is 20.2 Å². The molecule has 0 amide bonds. The molecular formula is C22H22O. The molecule has 0 aliphatic heterocycles. The summed E-state index contributed by atoms with van der Waals surface area (Å²) in [5.41, 5.74) is 3.58. The average Bonchev–Trinajstić information content (AvgIpc) is 2.65. The van der Waals surface area contributed by atoms with Crippen molar-refractivity contribution in [3.63, 3.8) is 0 Å². The van der Waals surface area contributed by atoms with Crippen molar-refractivity contribution in [2.24, 2.45) is 0 Å². The Morgan fingerprint density at radius 3 is 1.22 bits per heavy atom. The van der Waals surface area contributed by atoms with Crippen LogP contribution in [0.4, 0.5) is 0 Å². The molecule has 0 fully saturated rings. The van der Waals surface area contributed by atoms with Crippen LogP contribution in [0.5, 0.6) is 0 Å². The predicted octanol–water partition coefficient (Wildman–Crippen LogP) is 4.79. The van der Waals surface area contributed by atoms with Crippen LogP contribution in [0, 0.1) is 0 Å². The molecule has 0 unspecified atom stereocenters. The smallest absolute Gasteiger partial charge is 0.0452 e. The Bertz CT molecular complexity index is 608. The van der Waals surface area contributed by atoms with Crippen molar-refractivity contribution < 1.29 is 5.11 Å². The number of hydrogen-bond acceptors (Lipinski definition) is 1. The van der Waals surface area contributed by atoms with Crippen LogP contribution in [-0.4, -0.2) is 11.7 Å².